The first kappa shape index (κ1) is 33.8. The van der Waals surface area contributed by atoms with Crippen molar-refractivity contribution in [2.24, 2.45) is 16.8 Å². The lowest BCUT2D eigenvalue weighted by molar-refractivity contribution is -0.0907. The van der Waals surface area contributed by atoms with Crippen molar-refractivity contribution in [1.82, 2.24) is 14.6 Å². The normalized spacial score (nSPS) is 21.3. The molecule has 14 heteroatoms. The van der Waals surface area contributed by atoms with Gasteiger partial charge in [-0.05, 0) is 42.5 Å². The summed E-state index contributed by atoms with van der Waals surface area (Å²) in [5.41, 5.74) is 1.64. The summed E-state index contributed by atoms with van der Waals surface area (Å²) in [6.45, 7) is 4.25. The van der Waals surface area contributed by atoms with E-state index in [2.05, 4.69) is 15.3 Å². The number of sulfonamides is 1. The number of ether oxygens (including phenoxy) is 3. The van der Waals surface area contributed by atoms with Gasteiger partial charge in [-0.3, -0.25) is 4.99 Å². The molecule has 2 aliphatic heterocycles. The highest BCUT2D eigenvalue weighted by Crippen LogP contribution is 2.33. The third-order valence-electron chi connectivity index (χ3n) is 8.15. The Kier molecular flexibility index (Phi) is 11.0. The number of aliphatic hydroxyl groups is 2. The van der Waals surface area contributed by atoms with E-state index in [4.69, 9.17) is 19.3 Å². The summed E-state index contributed by atoms with van der Waals surface area (Å²) in [5.74, 6) is -0.323. The molecule has 2 fully saturated rings. The molecule has 5 rings (SSSR count). The number of amides is 1. The molecule has 3 heterocycles. The number of nitrogens with one attached hydrogen (secondary N) is 2. The first-order chi connectivity index (χ1) is 22.1. The number of aromatic nitrogens is 1. The van der Waals surface area contributed by atoms with E-state index in [1.807, 2.05) is 44.2 Å². The quantitative estimate of drug-likeness (QED) is 0.162. The molecule has 0 saturated carbocycles. The number of carbonyl (C=O) groups excluding carboxylic acids is 1. The number of benzene rings is 2. The van der Waals surface area contributed by atoms with E-state index in [-0.39, 0.29) is 61.9 Å². The number of aliphatic imine (C=N–C) groups is 1. The molecule has 0 bridgehead atoms. The van der Waals surface area contributed by atoms with Gasteiger partial charge >= 0.3 is 6.09 Å². The average molecular weight is 659 g/mol. The van der Waals surface area contributed by atoms with Gasteiger partial charge in [0.25, 0.3) is 0 Å². The SMILES string of the molecule is CC(C)CN(C[C@@H](O)[C@H](Cc1ccccc1)NC(=O)O[C@H]1CO[C@H]2OCC[C@H]21)S(=O)(=O)c1ccc2[nH]c(O)c(C=NCCO)c2c1. The molecule has 0 radical (unpaired) electrons. The van der Waals surface area contributed by atoms with Crippen LogP contribution < -0.4 is 5.32 Å². The molecule has 1 aromatic heterocycles. The summed E-state index contributed by atoms with van der Waals surface area (Å²) in [6, 6.07) is 12.8. The highest BCUT2D eigenvalue weighted by Gasteiger charge is 2.44. The van der Waals surface area contributed by atoms with E-state index >= 15 is 0 Å². The fraction of sp³-hybridized carbons (Fsp3) is 0.500. The zero-order valence-electron chi connectivity index (χ0n) is 25.9. The highest BCUT2D eigenvalue weighted by molar-refractivity contribution is 7.89. The Balaban J connectivity index is 1.38. The molecular formula is C32H42N4O9S. The molecule has 2 aliphatic rings. The zero-order chi connectivity index (χ0) is 32.8. The Morgan fingerprint density at radius 1 is 1.20 bits per heavy atom. The summed E-state index contributed by atoms with van der Waals surface area (Å²) in [5, 5.41) is 34.3. The van der Waals surface area contributed by atoms with Crippen LogP contribution in [0, 0.1) is 11.8 Å². The second kappa shape index (κ2) is 14.9. The molecule has 0 spiro atoms. The topological polar surface area (TPSA) is 183 Å². The second-order valence-corrected chi connectivity index (χ2v) is 14.0. The van der Waals surface area contributed by atoms with Gasteiger partial charge in [-0.2, -0.15) is 4.31 Å². The van der Waals surface area contributed by atoms with Crippen LogP contribution in [0.5, 0.6) is 5.88 Å². The predicted molar refractivity (Wildman–Crippen MR) is 170 cm³/mol. The lowest BCUT2D eigenvalue weighted by Gasteiger charge is -2.31. The maximum absolute atomic E-state index is 14.1. The number of carbonyl (C=O) groups is 1. The molecular weight excluding hydrogens is 616 g/mol. The van der Waals surface area contributed by atoms with Crippen LogP contribution in [-0.4, -0.2) is 109 Å². The van der Waals surface area contributed by atoms with Crippen LogP contribution in [0.3, 0.4) is 0 Å². The van der Waals surface area contributed by atoms with Crippen LogP contribution in [0.1, 0.15) is 31.4 Å². The molecule has 250 valence electrons. The predicted octanol–water partition coefficient (Wildman–Crippen LogP) is 2.39. The van der Waals surface area contributed by atoms with Crippen molar-refractivity contribution in [3.05, 3.63) is 59.7 Å². The summed E-state index contributed by atoms with van der Waals surface area (Å²) >= 11 is 0. The van der Waals surface area contributed by atoms with Gasteiger partial charge in [-0.25, -0.2) is 13.2 Å². The molecule has 13 nitrogen and oxygen atoms in total. The Morgan fingerprint density at radius 2 is 1.98 bits per heavy atom. The summed E-state index contributed by atoms with van der Waals surface area (Å²) < 4.78 is 46.2. The van der Waals surface area contributed by atoms with Crippen LogP contribution in [0.4, 0.5) is 4.79 Å². The van der Waals surface area contributed by atoms with E-state index in [1.54, 1.807) is 6.07 Å². The summed E-state index contributed by atoms with van der Waals surface area (Å²) in [6.07, 6.45) is -0.581. The third-order valence-corrected chi connectivity index (χ3v) is 9.97. The van der Waals surface area contributed by atoms with Crippen molar-refractivity contribution in [3.8, 4) is 5.88 Å². The lowest BCUT2D eigenvalue weighted by atomic mass is 10.0. The number of aromatic hydroxyl groups is 1. The van der Waals surface area contributed by atoms with Crippen molar-refractivity contribution >= 4 is 33.2 Å². The maximum atomic E-state index is 14.1. The largest absolute Gasteiger partial charge is 0.494 e. The third kappa shape index (κ3) is 7.88. The first-order valence-corrected chi connectivity index (χ1v) is 16.9. The number of nitrogens with zero attached hydrogens (tertiary/aromatic N) is 2. The molecule has 1 amide bonds. The minimum absolute atomic E-state index is 0.0368. The van der Waals surface area contributed by atoms with Gasteiger partial charge in [0.15, 0.2) is 12.2 Å². The van der Waals surface area contributed by atoms with E-state index in [0.717, 1.165) is 5.56 Å². The van der Waals surface area contributed by atoms with Gasteiger partial charge < -0.3 is 39.8 Å². The number of rotatable bonds is 14. The molecule has 46 heavy (non-hydrogen) atoms. The minimum atomic E-state index is -4.16. The van der Waals surface area contributed by atoms with Gasteiger partial charge in [0.2, 0.25) is 10.0 Å². The number of H-pyrrole nitrogens is 1. The molecule has 2 saturated heterocycles. The number of hydrogen-bond acceptors (Lipinski definition) is 10. The summed E-state index contributed by atoms with van der Waals surface area (Å²) in [7, 11) is -4.16. The Morgan fingerprint density at radius 3 is 2.72 bits per heavy atom. The minimum Gasteiger partial charge on any atom is -0.494 e. The number of aliphatic hydroxyl groups excluding tert-OH is 2. The van der Waals surface area contributed by atoms with Crippen molar-refractivity contribution in [2.75, 3.05) is 39.5 Å². The average Bonchev–Trinajstić information content (AvgIpc) is 3.72. The van der Waals surface area contributed by atoms with E-state index in [1.165, 1.54) is 22.7 Å². The fourth-order valence-corrected chi connectivity index (χ4v) is 7.52. The molecule has 0 unspecified atom stereocenters. The van der Waals surface area contributed by atoms with Crippen LogP contribution in [0.25, 0.3) is 10.9 Å². The van der Waals surface area contributed by atoms with Gasteiger partial charge in [-0.1, -0.05) is 44.2 Å². The Bertz CT molecular complexity index is 1610. The van der Waals surface area contributed by atoms with E-state index in [9.17, 15) is 23.4 Å². The Labute approximate surface area is 268 Å². The second-order valence-electron chi connectivity index (χ2n) is 12.0. The maximum Gasteiger partial charge on any atom is 0.407 e. The van der Waals surface area contributed by atoms with Gasteiger partial charge in [0.05, 0.1) is 54.9 Å². The lowest BCUT2D eigenvalue weighted by Crippen LogP contribution is -2.51. The van der Waals surface area contributed by atoms with Crippen LogP contribution in [0.2, 0.25) is 0 Å². The smallest absolute Gasteiger partial charge is 0.407 e. The summed E-state index contributed by atoms with van der Waals surface area (Å²) in [4.78, 5) is 19.9. The van der Waals surface area contributed by atoms with E-state index < -0.39 is 40.7 Å². The fourth-order valence-electron chi connectivity index (χ4n) is 5.87. The molecule has 5 atom stereocenters. The van der Waals surface area contributed by atoms with Crippen LogP contribution in [0.15, 0.2) is 58.4 Å². The van der Waals surface area contributed by atoms with Gasteiger partial charge in [0.1, 0.15) is 6.10 Å². The van der Waals surface area contributed by atoms with Crippen molar-refractivity contribution < 1.29 is 42.7 Å². The molecule has 3 aromatic rings. The zero-order valence-corrected chi connectivity index (χ0v) is 26.7. The Hall–Kier alpha value is -3.53. The van der Waals surface area contributed by atoms with Crippen molar-refractivity contribution in [1.29, 1.82) is 0 Å². The van der Waals surface area contributed by atoms with E-state index in [0.29, 0.717) is 29.5 Å². The standard InChI is InChI=1S/C32H42N4O9S/c1-20(2)17-36(46(41,42)22-8-9-26-24(15-22)25(30(39)34-26)16-33-11-12-37)18-28(38)27(14-21-6-4-3-5-7-21)35-32(40)45-29-19-44-31-23(29)10-13-43-31/h3-9,15-16,20,23,27-29,31,34,37-39H,10-14,17-19H2,1-2H3,(H,35,40)/t23-,27-,28+,29-,31+/m0/s1. The van der Waals surface area contributed by atoms with Crippen molar-refractivity contribution in [3.63, 3.8) is 0 Å². The van der Waals surface area contributed by atoms with Crippen LogP contribution >= 0.6 is 0 Å². The first-order valence-electron chi connectivity index (χ1n) is 15.4. The monoisotopic (exact) mass is 658 g/mol. The molecule has 2 aromatic carbocycles. The molecule has 0 aliphatic carbocycles. The molecule has 5 N–H and O–H groups in total. The number of alkyl carbamates (subject to hydrolysis) is 1. The number of aromatic amines is 1. The highest BCUT2D eigenvalue weighted by atomic mass is 32.2. The van der Waals surface area contributed by atoms with Gasteiger partial charge in [0, 0.05) is 30.2 Å². The van der Waals surface area contributed by atoms with Crippen LogP contribution in [-0.2, 0) is 30.7 Å². The number of fused-ring (bicyclic) bond motifs is 2. The number of hydrogen-bond donors (Lipinski definition) is 5. The van der Waals surface area contributed by atoms with Gasteiger partial charge in [-0.15, -0.1) is 0 Å². The van der Waals surface area contributed by atoms with Crippen molar-refractivity contribution in [2.45, 2.75) is 56.1 Å².